The summed E-state index contributed by atoms with van der Waals surface area (Å²) < 4.78 is 5.18. The Kier molecular flexibility index (Phi) is 5.14. The molecular formula is C15H22ClN2O3S+. The highest BCUT2D eigenvalue weighted by molar-refractivity contribution is 7.17. The number of carbonyl (C=O) groups excluding carboxylic acids is 2. The number of thiophene rings is 1. The van der Waals surface area contributed by atoms with Crippen molar-refractivity contribution in [3.8, 4) is 0 Å². The van der Waals surface area contributed by atoms with Crippen LogP contribution in [-0.2, 0) is 22.5 Å². The van der Waals surface area contributed by atoms with E-state index in [1.54, 1.807) is 6.92 Å². The van der Waals surface area contributed by atoms with E-state index in [0.29, 0.717) is 17.2 Å². The highest BCUT2D eigenvalue weighted by atomic mass is 35.5. The maximum atomic E-state index is 12.4. The maximum absolute atomic E-state index is 12.4. The lowest BCUT2D eigenvalue weighted by atomic mass is 9.87. The zero-order valence-corrected chi connectivity index (χ0v) is 14.9. The molecule has 0 bridgehead atoms. The number of anilines is 1. The Hall–Kier alpha value is -1.11. The normalized spacial score (nSPS) is 19.4. The molecule has 2 N–H and O–H groups in total. The van der Waals surface area contributed by atoms with Gasteiger partial charge >= 0.3 is 5.97 Å². The molecule has 7 heteroatoms. The molecule has 1 aromatic heterocycles. The summed E-state index contributed by atoms with van der Waals surface area (Å²) in [6.07, 6.45) is 0.773. The van der Waals surface area contributed by atoms with E-state index in [4.69, 9.17) is 16.3 Å². The van der Waals surface area contributed by atoms with Gasteiger partial charge in [-0.3, -0.25) is 4.79 Å². The predicted octanol–water partition coefficient (Wildman–Crippen LogP) is 1.45. The molecule has 0 saturated heterocycles. The van der Waals surface area contributed by atoms with Crippen LogP contribution >= 0.6 is 22.9 Å². The fourth-order valence-corrected chi connectivity index (χ4v) is 3.95. The van der Waals surface area contributed by atoms with E-state index in [1.807, 2.05) is 0 Å². The number of amides is 1. The van der Waals surface area contributed by atoms with Gasteiger partial charge in [0, 0.05) is 6.42 Å². The number of hydrogen-bond donors (Lipinski definition) is 2. The van der Waals surface area contributed by atoms with Crippen LogP contribution in [0.4, 0.5) is 5.00 Å². The lowest BCUT2D eigenvalue weighted by molar-refractivity contribution is -0.945. The Morgan fingerprint density at radius 3 is 2.73 bits per heavy atom. The summed E-state index contributed by atoms with van der Waals surface area (Å²) >= 11 is 7.01. The van der Waals surface area contributed by atoms with Gasteiger partial charge in [-0.15, -0.1) is 22.9 Å². The summed E-state index contributed by atoms with van der Waals surface area (Å²) in [6.45, 7) is 7.26. The van der Waals surface area contributed by atoms with E-state index >= 15 is 0 Å². The summed E-state index contributed by atoms with van der Waals surface area (Å²) in [5.74, 6) is -0.826. The first-order chi connectivity index (χ1) is 10.3. The molecule has 122 valence electrons. The highest BCUT2D eigenvalue weighted by Crippen LogP contribution is 2.37. The summed E-state index contributed by atoms with van der Waals surface area (Å²) in [7, 11) is 2.14. The second-order valence-electron chi connectivity index (χ2n) is 6.13. The minimum atomic E-state index is -0.375. The number of carbonyl (C=O) groups is 2. The first-order valence-electron chi connectivity index (χ1n) is 7.30. The molecule has 0 saturated carbocycles. The van der Waals surface area contributed by atoms with Crippen LogP contribution in [0.15, 0.2) is 0 Å². The molecule has 1 aliphatic heterocycles. The van der Waals surface area contributed by atoms with Crippen LogP contribution in [0.1, 0.15) is 41.6 Å². The van der Waals surface area contributed by atoms with Crippen LogP contribution in [0, 0.1) is 0 Å². The fraction of sp³-hybridized carbons (Fsp3) is 0.600. The number of ether oxygens (including phenoxy) is 1. The minimum absolute atomic E-state index is 0.0308. The van der Waals surface area contributed by atoms with Gasteiger partial charge in [0.25, 0.3) is 0 Å². The van der Waals surface area contributed by atoms with Gasteiger partial charge in [0.15, 0.2) is 0 Å². The smallest absolute Gasteiger partial charge is 0.341 e. The van der Waals surface area contributed by atoms with E-state index in [0.717, 1.165) is 23.4 Å². The van der Waals surface area contributed by atoms with E-state index in [-0.39, 0.29) is 23.3 Å². The Morgan fingerprint density at radius 1 is 1.45 bits per heavy atom. The number of halogens is 1. The van der Waals surface area contributed by atoms with Gasteiger partial charge in [-0.2, -0.15) is 0 Å². The van der Waals surface area contributed by atoms with Crippen LogP contribution in [0.3, 0.4) is 0 Å². The van der Waals surface area contributed by atoms with Gasteiger partial charge in [0.2, 0.25) is 5.91 Å². The molecule has 2 rings (SSSR count). The Labute approximate surface area is 139 Å². The molecule has 2 heterocycles. The second kappa shape index (κ2) is 6.56. The van der Waals surface area contributed by atoms with Crippen molar-refractivity contribution in [1.29, 1.82) is 0 Å². The van der Waals surface area contributed by atoms with Crippen LogP contribution < -0.4 is 10.2 Å². The molecule has 0 fully saturated rings. The van der Waals surface area contributed by atoms with Crippen molar-refractivity contribution in [3.05, 3.63) is 16.0 Å². The third-order valence-corrected chi connectivity index (χ3v) is 5.53. The number of fused-ring (bicyclic) bond motifs is 1. The average Bonchev–Trinajstić information content (AvgIpc) is 2.75. The van der Waals surface area contributed by atoms with Gasteiger partial charge in [-0.05, 0) is 26.3 Å². The maximum Gasteiger partial charge on any atom is 0.341 e. The Morgan fingerprint density at radius 2 is 2.14 bits per heavy atom. The number of alkyl halides is 1. The van der Waals surface area contributed by atoms with Crippen molar-refractivity contribution in [2.75, 3.05) is 24.9 Å². The summed E-state index contributed by atoms with van der Waals surface area (Å²) in [4.78, 5) is 26.5. The monoisotopic (exact) mass is 345 g/mol. The lowest BCUT2D eigenvalue weighted by Crippen LogP contribution is -3.16. The van der Waals surface area contributed by atoms with E-state index < -0.39 is 0 Å². The van der Waals surface area contributed by atoms with Crippen molar-refractivity contribution in [2.24, 2.45) is 0 Å². The standard InChI is InChI=1S/C15H21ClN2O3S/c1-5-21-14(20)12-9-6-15(2,3)18(4)8-10(9)22-13(12)17-11(19)7-16/h5-8H2,1-4H3,(H,17,19)/p+1. The molecule has 22 heavy (non-hydrogen) atoms. The second-order valence-corrected chi connectivity index (χ2v) is 7.50. The van der Waals surface area contributed by atoms with Crippen molar-refractivity contribution < 1.29 is 19.2 Å². The van der Waals surface area contributed by atoms with Crippen molar-refractivity contribution >= 4 is 39.8 Å². The predicted molar refractivity (Wildman–Crippen MR) is 88.0 cm³/mol. The first kappa shape index (κ1) is 17.2. The van der Waals surface area contributed by atoms with Gasteiger partial charge in [-0.25, -0.2) is 4.79 Å². The number of hydrogen-bond acceptors (Lipinski definition) is 4. The Bertz CT molecular complexity index is 598. The number of rotatable bonds is 4. The molecule has 0 aliphatic carbocycles. The van der Waals surface area contributed by atoms with Crippen molar-refractivity contribution in [2.45, 2.75) is 39.3 Å². The van der Waals surface area contributed by atoms with Crippen molar-refractivity contribution in [1.82, 2.24) is 0 Å². The highest BCUT2D eigenvalue weighted by Gasteiger charge is 2.39. The molecule has 1 unspecified atom stereocenters. The molecule has 0 spiro atoms. The third kappa shape index (κ3) is 3.29. The lowest BCUT2D eigenvalue weighted by Gasteiger charge is -2.36. The van der Waals surface area contributed by atoms with Gasteiger partial charge in [0.1, 0.15) is 17.4 Å². The molecule has 1 aliphatic rings. The van der Waals surface area contributed by atoms with Gasteiger partial charge in [0.05, 0.1) is 29.6 Å². The van der Waals surface area contributed by atoms with Gasteiger partial charge in [-0.1, -0.05) is 0 Å². The van der Waals surface area contributed by atoms with Gasteiger partial charge < -0.3 is 15.0 Å². The molecule has 0 radical (unpaired) electrons. The third-order valence-electron chi connectivity index (χ3n) is 4.14. The number of likely N-dealkylation sites (N-methyl/N-ethyl adjacent to an activating group) is 1. The topological polar surface area (TPSA) is 59.8 Å². The SMILES string of the molecule is CCOC(=O)c1c(NC(=O)CCl)sc2c1CC(C)(C)[NH+](C)C2. The molecular weight excluding hydrogens is 324 g/mol. The summed E-state index contributed by atoms with van der Waals surface area (Å²) in [5.41, 5.74) is 1.54. The Balaban J connectivity index is 2.47. The number of quaternary nitrogens is 1. The van der Waals surface area contributed by atoms with E-state index in [2.05, 4.69) is 26.2 Å². The number of nitrogens with one attached hydrogen (secondary N) is 2. The largest absolute Gasteiger partial charge is 0.462 e. The first-order valence-corrected chi connectivity index (χ1v) is 8.65. The van der Waals surface area contributed by atoms with Crippen LogP contribution in [0.5, 0.6) is 0 Å². The quantitative estimate of drug-likeness (QED) is 0.641. The van der Waals surface area contributed by atoms with Crippen LogP contribution in [0.2, 0.25) is 0 Å². The zero-order valence-electron chi connectivity index (χ0n) is 13.3. The molecule has 1 amide bonds. The zero-order chi connectivity index (χ0) is 16.5. The molecule has 0 aromatic carbocycles. The number of esters is 1. The fourth-order valence-electron chi connectivity index (χ4n) is 2.58. The average molecular weight is 346 g/mol. The van der Waals surface area contributed by atoms with Crippen LogP contribution in [-0.4, -0.2) is 36.9 Å². The molecule has 1 aromatic rings. The summed E-state index contributed by atoms with van der Waals surface area (Å²) in [6, 6.07) is 0. The minimum Gasteiger partial charge on any atom is -0.462 e. The summed E-state index contributed by atoms with van der Waals surface area (Å²) in [5, 5.41) is 3.29. The molecule has 1 atom stereocenters. The van der Waals surface area contributed by atoms with E-state index in [9.17, 15) is 9.59 Å². The van der Waals surface area contributed by atoms with E-state index in [1.165, 1.54) is 16.2 Å². The molecule has 5 nitrogen and oxygen atoms in total. The van der Waals surface area contributed by atoms with Crippen LogP contribution in [0.25, 0.3) is 0 Å². The van der Waals surface area contributed by atoms with Crippen molar-refractivity contribution in [3.63, 3.8) is 0 Å².